The Morgan fingerprint density at radius 3 is 2.24 bits per heavy atom. The summed E-state index contributed by atoms with van der Waals surface area (Å²) < 4.78 is 0. The number of hydrogen-bond acceptors (Lipinski definition) is 3. The minimum Gasteiger partial charge on any atom is -0.339 e. The molecule has 0 unspecified atom stereocenters. The average molecular weight is 318 g/mol. The Labute approximate surface area is 133 Å². The number of likely N-dealkylation sites (N-methyl/N-ethyl adjacent to an activating group) is 1. The van der Waals surface area contributed by atoms with Gasteiger partial charge in [-0.2, -0.15) is 0 Å². The van der Waals surface area contributed by atoms with Crippen molar-refractivity contribution in [2.24, 2.45) is 5.92 Å². The summed E-state index contributed by atoms with van der Waals surface area (Å²) in [6.07, 6.45) is 6.77. The van der Waals surface area contributed by atoms with E-state index in [0.717, 1.165) is 51.9 Å². The van der Waals surface area contributed by atoms with E-state index in [4.69, 9.17) is 0 Å². The SMILES string of the molecule is CN(CC(=O)N1CCNCC1)C(=O)C1CCCCCC1.Cl. The van der Waals surface area contributed by atoms with E-state index in [1.54, 1.807) is 11.9 Å². The summed E-state index contributed by atoms with van der Waals surface area (Å²) in [4.78, 5) is 28.1. The monoisotopic (exact) mass is 317 g/mol. The van der Waals surface area contributed by atoms with Gasteiger partial charge >= 0.3 is 0 Å². The summed E-state index contributed by atoms with van der Waals surface area (Å²) in [6, 6.07) is 0. The van der Waals surface area contributed by atoms with Crippen LogP contribution in [0.15, 0.2) is 0 Å². The first-order valence-corrected chi connectivity index (χ1v) is 7.92. The molecule has 0 radical (unpaired) electrons. The molecular formula is C15H28ClN3O2. The van der Waals surface area contributed by atoms with E-state index in [0.29, 0.717) is 0 Å². The fourth-order valence-corrected chi connectivity index (χ4v) is 3.13. The van der Waals surface area contributed by atoms with Gasteiger partial charge in [0.1, 0.15) is 0 Å². The van der Waals surface area contributed by atoms with Crippen LogP contribution in [0, 0.1) is 5.92 Å². The fourth-order valence-electron chi connectivity index (χ4n) is 3.13. The summed E-state index contributed by atoms with van der Waals surface area (Å²) in [6.45, 7) is 3.45. The number of carbonyl (C=O) groups is 2. The lowest BCUT2D eigenvalue weighted by Crippen LogP contribution is -2.50. The molecule has 0 aromatic carbocycles. The molecule has 1 aliphatic carbocycles. The molecule has 0 aromatic heterocycles. The molecule has 0 atom stereocenters. The zero-order valence-electron chi connectivity index (χ0n) is 13.0. The zero-order valence-corrected chi connectivity index (χ0v) is 13.8. The van der Waals surface area contributed by atoms with Crippen molar-refractivity contribution < 1.29 is 9.59 Å². The van der Waals surface area contributed by atoms with Crippen molar-refractivity contribution in [2.75, 3.05) is 39.8 Å². The van der Waals surface area contributed by atoms with Crippen molar-refractivity contribution in [2.45, 2.75) is 38.5 Å². The van der Waals surface area contributed by atoms with Crippen LogP contribution in [0.2, 0.25) is 0 Å². The van der Waals surface area contributed by atoms with E-state index >= 15 is 0 Å². The highest BCUT2D eigenvalue weighted by atomic mass is 35.5. The second-order valence-electron chi connectivity index (χ2n) is 6.01. The Balaban J connectivity index is 0.00000220. The van der Waals surface area contributed by atoms with Crippen LogP contribution in [0.25, 0.3) is 0 Å². The quantitative estimate of drug-likeness (QED) is 0.798. The number of piperazine rings is 1. The van der Waals surface area contributed by atoms with Gasteiger partial charge in [0.25, 0.3) is 0 Å². The smallest absolute Gasteiger partial charge is 0.242 e. The Morgan fingerprint density at radius 1 is 1.10 bits per heavy atom. The molecule has 1 saturated carbocycles. The normalized spacial score (nSPS) is 20.3. The molecule has 122 valence electrons. The minimum atomic E-state index is 0. The van der Waals surface area contributed by atoms with Gasteiger partial charge < -0.3 is 15.1 Å². The van der Waals surface area contributed by atoms with Crippen LogP contribution >= 0.6 is 12.4 Å². The second kappa shape index (κ2) is 9.26. The molecule has 1 N–H and O–H groups in total. The molecule has 2 aliphatic rings. The fraction of sp³-hybridized carbons (Fsp3) is 0.867. The maximum absolute atomic E-state index is 12.4. The Bertz CT molecular complexity index is 338. The summed E-state index contributed by atoms with van der Waals surface area (Å²) in [5.41, 5.74) is 0. The van der Waals surface area contributed by atoms with Crippen molar-refractivity contribution in [3.63, 3.8) is 0 Å². The average Bonchev–Trinajstić information content (AvgIpc) is 2.76. The van der Waals surface area contributed by atoms with Crippen molar-refractivity contribution >= 4 is 24.2 Å². The molecule has 1 saturated heterocycles. The van der Waals surface area contributed by atoms with Gasteiger partial charge in [-0.15, -0.1) is 12.4 Å². The van der Waals surface area contributed by atoms with Crippen molar-refractivity contribution in [1.82, 2.24) is 15.1 Å². The van der Waals surface area contributed by atoms with Crippen LogP contribution in [-0.4, -0.2) is 61.4 Å². The van der Waals surface area contributed by atoms with E-state index in [1.807, 2.05) is 4.90 Å². The number of rotatable bonds is 3. The minimum absolute atomic E-state index is 0. The molecule has 21 heavy (non-hydrogen) atoms. The predicted octanol–water partition coefficient (Wildman–Crippen LogP) is 1.27. The van der Waals surface area contributed by atoms with Crippen molar-refractivity contribution in [1.29, 1.82) is 0 Å². The molecule has 5 nitrogen and oxygen atoms in total. The number of halogens is 1. The lowest BCUT2D eigenvalue weighted by Gasteiger charge is -2.30. The number of hydrogen-bond donors (Lipinski definition) is 1. The summed E-state index contributed by atoms with van der Waals surface area (Å²) in [5.74, 6) is 0.379. The third-order valence-corrected chi connectivity index (χ3v) is 4.42. The van der Waals surface area contributed by atoms with Crippen LogP contribution in [0.5, 0.6) is 0 Å². The Kier molecular flexibility index (Phi) is 8.04. The third kappa shape index (κ3) is 5.47. The first-order valence-electron chi connectivity index (χ1n) is 7.92. The molecule has 6 heteroatoms. The summed E-state index contributed by atoms with van der Waals surface area (Å²) >= 11 is 0. The summed E-state index contributed by atoms with van der Waals surface area (Å²) in [7, 11) is 1.77. The molecule has 0 bridgehead atoms. The van der Waals surface area contributed by atoms with E-state index < -0.39 is 0 Å². The highest BCUT2D eigenvalue weighted by molar-refractivity contribution is 5.86. The van der Waals surface area contributed by atoms with E-state index in [9.17, 15) is 9.59 Å². The van der Waals surface area contributed by atoms with Gasteiger partial charge in [-0.05, 0) is 12.8 Å². The van der Waals surface area contributed by atoms with Crippen LogP contribution < -0.4 is 5.32 Å². The Morgan fingerprint density at radius 2 is 1.67 bits per heavy atom. The van der Waals surface area contributed by atoms with Crippen molar-refractivity contribution in [3.05, 3.63) is 0 Å². The molecule has 1 heterocycles. The molecule has 2 amide bonds. The second-order valence-corrected chi connectivity index (χ2v) is 6.01. The predicted molar refractivity (Wildman–Crippen MR) is 85.5 cm³/mol. The maximum Gasteiger partial charge on any atom is 0.242 e. The number of amides is 2. The first-order chi connectivity index (χ1) is 9.68. The molecule has 0 spiro atoms. The van der Waals surface area contributed by atoms with Gasteiger partial charge in [0.15, 0.2) is 0 Å². The van der Waals surface area contributed by atoms with Crippen LogP contribution in [0.4, 0.5) is 0 Å². The van der Waals surface area contributed by atoms with Gasteiger partial charge in [-0.1, -0.05) is 25.7 Å². The Hall–Kier alpha value is -0.810. The molecule has 1 aliphatic heterocycles. The number of nitrogens with one attached hydrogen (secondary N) is 1. The molecule has 0 aromatic rings. The van der Waals surface area contributed by atoms with E-state index in [1.165, 1.54) is 12.8 Å². The van der Waals surface area contributed by atoms with Gasteiger partial charge in [-0.25, -0.2) is 0 Å². The van der Waals surface area contributed by atoms with E-state index in [-0.39, 0.29) is 36.7 Å². The van der Waals surface area contributed by atoms with Crippen molar-refractivity contribution in [3.8, 4) is 0 Å². The van der Waals surface area contributed by atoms with E-state index in [2.05, 4.69) is 5.32 Å². The third-order valence-electron chi connectivity index (χ3n) is 4.42. The van der Waals surface area contributed by atoms with Gasteiger partial charge in [-0.3, -0.25) is 9.59 Å². The standard InChI is InChI=1S/C15H27N3O2.ClH/c1-17(12-14(19)18-10-8-16-9-11-18)15(20)13-6-4-2-3-5-7-13;/h13,16H,2-12H2,1H3;1H. The highest BCUT2D eigenvalue weighted by Gasteiger charge is 2.25. The zero-order chi connectivity index (χ0) is 14.4. The number of nitrogens with zero attached hydrogens (tertiary/aromatic N) is 2. The first kappa shape index (κ1) is 18.2. The molecule has 2 fully saturated rings. The van der Waals surface area contributed by atoms with Gasteiger partial charge in [0.05, 0.1) is 6.54 Å². The summed E-state index contributed by atoms with van der Waals surface area (Å²) in [5, 5.41) is 3.23. The maximum atomic E-state index is 12.4. The lowest BCUT2D eigenvalue weighted by molar-refractivity contribution is -0.142. The molecular weight excluding hydrogens is 290 g/mol. The lowest BCUT2D eigenvalue weighted by atomic mass is 9.99. The van der Waals surface area contributed by atoms with Gasteiger partial charge in [0.2, 0.25) is 11.8 Å². The van der Waals surface area contributed by atoms with Crippen LogP contribution in [0.3, 0.4) is 0 Å². The number of carbonyl (C=O) groups excluding carboxylic acids is 2. The molecule has 2 rings (SSSR count). The van der Waals surface area contributed by atoms with Crippen LogP contribution in [-0.2, 0) is 9.59 Å². The highest BCUT2D eigenvalue weighted by Crippen LogP contribution is 2.24. The van der Waals surface area contributed by atoms with Crippen LogP contribution in [0.1, 0.15) is 38.5 Å². The van der Waals surface area contributed by atoms with Gasteiger partial charge in [0, 0.05) is 39.1 Å². The topological polar surface area (TPSA) is 52.7 Å². The largest absolute Gasteiger partial charge is 0.339 e.